The second kappa shape index (κ2) is 8.96. The Morgan fingerprint density at radius 2 is 1.72 bits per heavy atom. The maximum atomic E-state index is 12.7. The van der Waals surface area contributed by atoms with Crippen LogP contribution in [0.4, 0.5) is 17.1 Å². The van der Waals surface area contributed by atoms with Crippen LogP contribution in [0.5, 0.6) is 0 Å². The largest absolute Gasteiger partial charge is 0.325 e. The number of carbonyl (C=O) groups is 3. The van der Waals surface area contributed by atoms with Crippen LogP contribution in [-0.4, -0.2) is 28.4 Å². The number of amides is 3. The number of anilines is 2. The fourth-order valence-electron chi connectivity index (χ4n) is 3.98. The Balaban J connectivity index is 1.36. The average Bonchev–Trinajstić information content (AvgIpc) is 3.04. The van der Waals surface area contributed by atoms with Crippen molar-refractivity contribution in [1.82, 2.24) is 0 Å². The van der Waals surface area contributed by atoms with Crippen LogP contribution >= 0.6 is 11.8 Å². The van der Waals surface area contributed by atoms with Crippen molar-refractivity contribution in [2.24, 2.45) is 11.8 Å². The van der Waals surface area contributed by atoms with Gasteiger partial charge in [-0.2, -0.15) is 0 Å². The maximum absolute atomic E-state index is 12.7. The molecule has 1 aliphatic carbocycles. The lowest BCUT2D eigenvalue weighted by Crippen LogP contribution is -2.30. The Hall–Kier alpha value is -3.46. The number of nitro benzene ring substituents is 1. The van der Waals surface area contributed by atoms with Gasteiger partial charge in [0, 0.05) is 22.2 Å². The number of nitrogens with one attached hydrogen (secondary N) is 1. The molecule has 1 fully saturated rings. The first-order valence-corrected chi connectivity index (χ1v) is 11.1. The molecular weight excluding hydrogens is 430 g/mol. The van der Waals surface area contributed by atoms with E-state index in [-0.39, 0.29) is 41.0 Å². The summed E-state index contributed by atoms with van der Waals surface area (Å²) >= 11 is 1.29. The van der Waals surface area contributed by atoms with Crippen LogP contribution in [0.25, 0.3) is 0 Å². The van der Waals surface area contributed by atoms with Gasteiger partial charge in [-0.3, -0.25) is 29.4 Å². The maximum Gasteiger partial charge on any atom is 0.274 e. The molecule has 1 saturated heterocycles. The predicted octanol–water partition coefficient (Wildman–Crippen LogP) is 4.09. The van der Waals surface area contributed by atoms with E-state index in [9.17, 15) is 24.5 Å². The summed E-state index contributed by atoms with van der Waals surface area (Å²) in [6, 6.07) is 11.5. The number of allylic oxidation sites excluding steroid dienone is 2. The summed E-state index contributed by atoms with van der Waals surface area (Å²) in [6.45, 7) is 1.64. The molecule has 2 unspecified atom stereocenters. The summed E-state index contributed by atoms with van der Waals surface area (Å²) in [5, 5.41) is 13.7. The van der Waals surface area contributed by atoms with Crippen LogP contribution in [-0.2, 0) is 14.4 Å². The second-order valence-corrected chi connectivity index (χ2v) is 8.81. The van der Waals surface area contributed by atoms with Crippen LogP contribution in [0.3, 0.4) is 0 Å². The van der Waals surface area contributed by atoms with Crippen molar-refractivity contribution in [3.8, 4) is 0 Å². The van der Waals surface area contributed by atoms with Crippen LogP contribution in [0.2, 0.25) is 0 Å². The number of hydrogen-bond donors (Lipinski definition) is 1. The van der Waals surface area contributed by atoms with Gasteiger partial charge >= 0.3 is 0 Å². The summed E-state index contributed by atoms with van der Waals surface area (Å²) in [5.74, 6) is -1.05. The molecule has 0 saturated carbocycles. The standard InChI is InChI=1S/C23H21N3O5S/c1-14-6-7-15(12-20(14)26(30)31)24-21(27)13-32-17-10-8-16(9-11-17)25-22(28)18-4-2-3-5-19(18)23(25)29/h2-3,6-12,18-19H,4-5,13H2,1H3,(H,24,27). The number of nitro groups is 1. The van der Waals surface area contributed by atoms with E-state index in [1.807, 2.05) is 12.2 Å². The van der Waals surface area contributed by atoms with Gasteiger partial charge in [-0.15, -0.1) is 11.8 Å². The van der Waals surface area contributed by atoms with Gasteiger partial charge in [0.05, 0.1) is 28.2 Å². The smallest absolute Gasteiger partial charge is 0.274 e. The molecule has 0 bridgehead atoms. The number of nitrogens with zero attached hydrogens (tertiary/aromatic N) is 2. The fourth-order valence-corrected chi connectivity index (χ4v) is 4.67. The monoisotopic (exact) mass is 451 g/mol. The first-order valence-electron chi connectivity index (χ1n) is 10.2. The Kier molecular flexibility index (Phi) is 6.09. The molecule has 2 aromatic rings. The number of aryl methyl sites for hydroxylation is 1. The summed E-state index contributed by atoms with van der Waals surface area (Å²) in [7, 11) is 0. The Bertz CT molecular complexity index is 1100. The lowest BCUT2D eigenvalue weighted by molar-refractivity contribution is -0.385. The van der Waals surface area contributed by atoms with Crippen molar-refractivity contribution in [2.75, 3.05) is 16.0 Å². The van der Waals surface area contributed by atoms with Gasteiger partial charge in [0.25, 0.3) is 5.69 Å². The van der Waals surface area contributed by atoms with Crippen LogP contribution in [0.15, 0.2) is 59.5 Å². The van der Waals surface area contributed by atoms with Gasteiger partial charge in [0.2, 0.25) is 17.7 Å². The molecule has 0 aromatic heterocycles. The summed E-state index contributed by atoms with van der Waals surface area (Å²) in [6.07, 6.45) is 5.10. The summed E-state index contributed by atoms with van der Waals surface area (Å²) in [4.78, 5) is 50.3. The summed E-state index contributed by atoms with van der Waals surface area (Å²) in [5.41, 5.74) is 1.38. The van der Waals surface area contributed by atoms with Crippen LogP contribution < -0.4 is 10.2 Å². The van der Waals surface area contributed by atoms with Gasteiger partial charge in [-0.25, -0.2) is 0 Å². The molecule has 32 heavy (non-hydrogen) atoms. The van der Waals surface area contributed by atoms with E-state index in [1.165, 1.54) is 22.7 Å². The van der Waals surface area contributed by atoms with Crippen LogP contribution in [0, 0.1) is 28.9 Å². The first kappa shape index (κ1) is 21.8. The second-order valence-electron chi connectivity index (χ2n) is 7.76. The highest BCUT2D eigenvalue weighted by atomic mass is 32.2. The van der Waals surface area contributed by atoms with E-state index in [0.717, 1.165) is 4.90 Å². The zero-order chi connectivity index (χ0) is 22.8. The van der Waals surface area contributed by atoms with Gasteiger partial charge in [0.1, 0.15) is 0 Å². The van der Waals surface area contributed by atoms with E-state index < -0.39 is 4.92 Å². The van der Waals surface area contributed by atoms with Crippen molar-refractivity contribution in [2.45, 2.75) is 24.7 Å². The number of rotatable bonds is 6. The molecule has 164 valence electrons. The lowest BCUT2D eigenvalue weighted by atomic mass is 9.85. The van der Waals surface area contributed by atoms with E-state index in [2.05, 4.69) is 5.32 Å². The minimum absolute atomic E-state index is 0.0485. The Morgan fingerprint density at radius 3 is 2.31 bits per heavy atom. The molecule has 4 rings (SSSR count). The quantitative estimate of drug-likeness (QED) is 0.233. The molecule has 0 spiro atoms. The molecule has 1 N–H and O–H groups in total. The molecule has 2 atom stereocenters. The average molecular weight is 452 g/mol. The van der Waals surface area contributed by atoms with Gasteiger partial charge < -0.3 is 5.32 Å². The Morgan fingerprint density at radius 1 is 1.09 bits per heavy atom. The van der Waals surface area contributed by atoms with Crippen molar-refractivity contribution < 1.29 is 19.3 Å². The van der Waals surface area contributed by atoms with Crippen molar-refractivity contribution >= 4 is 46.5 Å². The lowest BCUT2D eigenvalue weighted by Gasteiger charge is -2.15. The highest BCUT2D eigenvalue weighted by Gasteiger charge is 2.47. The SMILES string of the molecule is Cc1ccc(NC(=O)CSc2ccc(N3C(=O)C4CC=CCC4C3=O)cc2)cc1[N+](=O)[O-]. The number of hydrogen-bond acceptors (Lipinski definition) is 6. The summed E-state index contributed by atoms with van der Waals surface area (Å²) < 4.78 is 0. The van der Waals surface area contributed by atoms with Crippen molar-refractivity contribution in [3.63, 3.8) is 0 Å². The van der Waals surface area contributed by atoms with E-state index >= 15 is 0 Å². The number of carbonyl (C=O) groups excluding carboxylic acids is 3. The van der Waals surface area contributed by atoms with Gasteiger partial charge in [0.15, 0.2) is 0 Å². The molecule has 2 aliphatic rings. The minimum Gasteiger partial charge on any atom is -0.325 e. The molecule has 8 nitrogen and oxygen atoms in total. The van der Waals surface area contributed by atoms with E-state index in [1.54, 1.807) is 43.3 Å². The molecule has 1 heterocycles. The third kappa shape index (κ3) is 4.29. The molecule has 3 amide bonds. The molecule has 9 heteroatoms. The third-order valence-electron chi connectivity index (χ3n) is 5.66. The third-order valence-corrected chi connectivity index (χ3v) is 6.67. The van der Waals surface area contributed by atoms with Gasteiger partial charge in [-0.1, -0.05) is 18.2 Å². The first-order chi connectivity index (χ1) is 15.3. The predicted molar refractivity (Wildman–Crippen MR) is 121 cm³/mol. The molecule has 1 aliphatic heterocycles. The number of thioether (sulfide) groups is 1. The topological polar surface area (TPSA) is 110 Å². The minimum atomic E-state index is -0.484. The number of imide groups is 1. The number of benzene rings is 2. The van der Waals surface area contributed by atoms with Crippen LogP contribution in [0.1, 0.15) is 18.4 Å². The van der Waals surface area contributed by atoms with E-state index in [0.29, 0.717) is 29.8 Å². The normalized spacial score (nSPS) is 19.7. The van der Waals surface area contributed by atoms with Crippen molar-refractivity contribution in [1.29, 1.82) is 0 Å². The Labute approximate surface area is 188 Å². The zero-order valence-corrected chi connectivity index (χ0v) is 18.1. The fraction of sp³-hybridized carbons (Fsp3) is 0.261. The molecule has 0 radical (unpaired) electrons. The zero-order valence-electron chi connectivity index (χ0n) is 17.3. The molecule has 2 aromatic carbocycles. The van der Waals surface area contributed by atoms with Gasteiger partial charge in [-0.05, 0) is 50.1 Å². The van der Waals surface area contributed by atoms with Crippen molar-refractivity contribution in [3.05, 3.63) is 70.3 Å². The van der Waals surface area contributed by atoms with E-state index in [4.69, 9.17) is 0 Å². The highest BCUT2D eigenvalue weighted by Crippen LogP contribution is 2.38. The molecular formula is C23H21N3O5S. The highest BCUT2D eigenvalue weighted by molar-refractivity contribution is 8.00. The number of fused-ring (bicyclic) bond motifs is 1.